The van der Waals surface area contributed by atoms with Crippen molar-refractivity contribution in [2.45, 2.75) is 6.18 Å². The van der Waals surface area contributed by atoms with Crippen LogP contribution in [-0.2, 0) is 11.0 Å². The van der Waals surface area contributed by atoms with Crippen molar-refractivity contribution in [2.75, 3.05) is 6.26 Å². The summed E-state index contributed by atoms with van der Waals surface area (Å²) in [6.07, 6.45) is -0.330. The molecule has 0 atom stereocenters. The molecule has 0 fully saturated rings. The number of thioether (sulfide) groups is 1. The van der Waals surface area contributed by atoms with Crippen molar-refractivity contribution < 1.29 is 18.0 Å². The van der Waals surface area contributed by atoms with Crippen molar-refractivity contribution in [3.8, 4) is 11.3 Å². The normalized spacial score (nSPS) is 16.0. The van der Waals surface area contributed by atoms with Crippen molar-refractivity contribution >= 4 is 40.5 Å². The van der Waals surface area contributed by atoms with Gasteiger partial charge in [0.2, 0.25) is 0 Å². The van der Waals surface area contributed by atoms with Gasteiger partial charge in [0.25, 0.3) is 5.91 Å². The van der Waals surface area contributed by atoms with Crippen LogP contribution in [0.25, 0.3) is 17.3 Å². The van der Waals surface area contributed by atoms with Crippen LogP contribution in [-0.4, -0.2) is 22.3 Å². The third-order valence-corrected chi connectivity index (χ3v) is 4.39. The van der Waals surface area contributed by atoms with E-state index in [1.165, 1.54) is 11.8 Å². The van der Waals surface area contributed by atoms with Crippen LogP contribution in [0.15, 0.2) is 47.2 Å². The SMILES string of the molecule is CSC1=NC(=Cc2ccc(-c3ncc(C(F)(F)F)cc3Cl)cc2)C(=O)N1. The van der Waals surface area contributed by atoms with E-state index in [1.807, 2.05) is 0 Å². The Morgan fingerprint density at radius 2 is 1.92 bits per heavy atom. The van der Waals surface area contributed by atoms with E-state index in [0.717, 1.165) is 12.3 Å². The molecule has 26 heavy (non-hydrogen) atoms. The van der Waals surface area contributed by atoms with Crippen LogP contribution in [0.3, 0.4) is 0 Å². The molecular formula is C17H11ClF3N3OS. The Balaban J connectivity index is 1.87. The maximum atomic E-state index is 12.7. The molecule has 4 nitrogen and oxygen atoms in total. The summed E-state index contributed by atoms with van der Waals surface area (Å²) in [6, 6.07) is 7.59. The Labute approximate surface area is 156 Å². The molecule has 0 spiro atoms. The minimum Gasteiger partial charge on any atom is -0.300 e. The monoisotopic (exact) mass is 397 g/mol. The van der Waals surface area contributed by atoms with Crippen molar-refractivity contribution in [1.82, 2.24) is 10.3 Å². The highest BCUT2D eigenvalue weighted by atomic mass is 35.5. The Kier molecular flexibility index (Phi) is 5.06. The predicted octanol–water partition coefficient (Wildman–Crippen LogP) is 4.61. The number of amidine groups is 1. The fourth-order valence-corrected chi connectivity index (χ4v) is 2.90. The smallest absolute Gasteiger partial charge is 0.300 e. The Morgan fingerprint density at radius 3 is 2.46 bits per heavy atom. The maximum Gasteiger partial charge on any atom is 0.417 e. The largest absolute Gasteiger partial charge is 0.417 e. The van der Waals surface area contributed by atoms with Gasteiger partial charge in [-0.25, -0.2) is 4.99 Å². The summed E-state index contributed by atoms with van der Waals surface area (Å²) < 4.78 is 38.1. The van der Waals surface area contributed by atoms with Gasteiger partial charge >= 0.3 is 6.18 Å². The number of benzene rings is 1. The number of amides is 1. The van der Waals surface area contributed by atoms with Gasteiger partial charge in [-0.15, -0.1) is 0 Å². The predicted molar refractivity (Wildman–Crippen MR) is 96.8 cm³/mol. The van der Waals surface area contributed by atoms with Crippen LogP contribution < -0.4 is 5.32 Å². The number of halogens is 4. The number of carbonyl (C=O) groups is 1. The molecule has 0 radical (unpaired) electrons. The second-order valence-corrected chi connectivity index (χ2v) is 6.48. The summed E-state index contributed by atoms with van der Waals surface area (Å²) in [5.41, 5.74) is 0.915. The van der Waals surface area contributed by atoms with Crippen LogP contribution >= 0.6 is 23.4 Å². The molecule has 2 aromatic rings. The molecule has 1 N–H and O–H groups in total. The number of hydrogen-bond donors (Lipinski definition) is 1. The van der Waals surface area contributed by atoms with Crippen molar-refractivity contribution in [3.05, 3.63) is 58.4 Å². The van der Waals surface area contributed by atoms with E-state index in [4.69, 9.17) is 11.6 Å². The van der Waals surface area contributed by atoms with Gasteiger partial charge in [-0.1, -0.05) is 47.6 Å². The van der Waals surface area contributed by atoms with Gasteiger partial charge in [-0.2, -0.15) is 13.2 Å². The van der Waals surface area contributed by atoms with E-state index in [-0.39, 0.29) is 22.3 Å². The fourth-order valence-electron chi connectivity index (χ4n) is 2.24. The third-order valence-electron chi connectivity index (χ3n) is 3.52. The number of nitrogens with zero attached hydrogens (tertiary/aromatic N) is 2. The van der Waals surface area contributed by atoms with Gasteiger partial charge in [0.1, 0.15) is 5.70 Å². The molecule has 1 aromatic heterocycles. The molecule has 0 aliphatic carbocycles. The van der Waals surface area contributed by atoms with Gasteiger partial charge in [0.05, 0.1) is 16.3 Å². The lowest BCUT2D eigenvalue weighted by atomic mass is 10.1. The number of pyridine rings is 1. The second kappa shape index (κ2) is 7.13. The zero-order valence-corrected chi connectivity index (χ0v) is 14.8. The minimum atomic E-state index is -4.50. The molecule has 1 aliphatic heterocycles. The molecule has 0 unspecified atom stereocenters. The van der Waals surface area contributed by atoms with Crippen LogP contribution in [0.4, 0.5) is 13.2 Å². The highest BCUT2D eigenvalue weighted by Crippen LogP contribution is 2.34. The average molecular weight is 398 g/mol. The summed E-state index contributed by atoms with van der Waals surface area (Å²) in [5, 5.41) is 3.06. The topological polar surface area (TPSA) is 54.4 Å². The lowest BCUT2D eigenvalue weighted by molar-refractivity contribution is -0.137. The third kappa shape index (κ3) is 3.91. The van der Waals surface area contributed by atoms with Gasteiger partial charge < -0.3 is 0 Å². The first-order valence-corrected chi connectivity index (χ1v) is 8.87. The summed E-state index contributed by atoms with van der Waals surface area (Å²) in [7, 11) is 0. The molecule has 1 aliphatic rings. The highest BCUT2D eigenvalue weighted by molar-refractivity contribution is 8.13. The average Bonchev–Trinajstić information content (AvgIpc) is 2.95. The highest BCUT2D eigenvalue weighted by Gasteiger charge is 2.31. The molecule has 0 saturated carbocycles. The quantitative estimate of drug-likeness (QED) is 0.753. The zero-order valence-electron chi connectivity index (χ0n) is 13.3. The molecule has 134 valence electrons. The van der Waals surface area contributed by atoms with Crippen LogP contribution in [0.5, 0.6) is 0 Å². The molecular weight excluding hydrogens is 387 g/mol. The first-order valence-electron chi connectivity index (χ1n) is 7.27. The molecule has 0 saturated heterocycles. The van der Waals surface area contributed by atoms with E-state index in [2.05, 4.69) is 15.3 Å². The fraction of sp³-hybridized carbons (Fsp3) is 0.118. The van der Waals surface area contributed by atoms with E-state index in [0.29, 0.717) is 16.3 Å². The van der Waals surface area contributed by atoms with Crippen LogP contribution in [0.2, 0.25) is 5.02 Å². The van der Waals surface area contributed by atoms with Crippen molar-refractivity contribution in [3.63, 3.8) is 0 Å². The number of aromatic nitrogens is 1. The standard InChI is InChI=1S/C17H11ClF3N3OS/c1-26-16-23-13(15(25)24-16)6-9-2-4-10(5-3-9)14-12(18)7-11(8-22-14)17(19,20)21/h2-8H,1H3,(H,23,24,25). The van der Waals surface area contributed by atoms with Crippen molar-refractivity contribution in [2.24, 2.45) is 4.99 Å². The van der Waals surface area contributed by atoms with Gasteiger partial charge in [0.15, 0.2) is 5.17 Å². The Morgan fingerprint density at radius 1 is 1.23 bits per heavy atom. The zero-order chi connectivity index (χ0) is 18.9. The number of nitrogens with one attached hydrogen (secondary N) is 1. The number of carbonyl (C=O) groups excluding carboxylic acids is 1. The molecule has 0 bridgehead atoms. The minimum absolute atomic E-state index is 0.0877. The lowest BCUT2D eigenvalue weighted by Gasteiger charge is -2.09. The summed E-state index contributed by atoms with van der Waals surface area (Å²) >= 11 is 7.28. The van der Waals surface area contributed by atoms with Crippen LogP contribution in [0.1, 0.15) is 11.1 Å². The lowest BCUT2D eigenvalue weighted by Crippen LogP contribution is -2.21. The molecule has 3 rings (SSSR count). The number of aliphatic imine (C=N–C) groups is 1. The second-order valence-electron chi connectivity index (χ2n) is 5.28. The molecule has 9 heteroatoms. The number of alkyl halides is 3. The molecule has 1 aromatic carbocycles. The van der Waals surface area contributed by atoms with E-state index in [9.17, 15) is 18.0 Å². The van der Waals surface area contributed by atoms with Gasteiger partial charge in [-0.3, -0.25) is 15.1 Å². The Hall–Kier alpha value is -2.32. The number of hydrogen-bond acceptors (Lipinski definition) is 4. The summed E-state index contributed by atoms with van der Waals surface area (Å²) in [5.74, 6) is -0.286. The van der Waals surface area contributed by atoms with E-state index >= 15 is 0 Å². The molecule has 1 amide bonds. The first kappa shape index (κ1) is 18.5. The van der Waals surface area contributed by atoms with E-state index < -0.39 is 11.7 Å². The number of rotatable bonds is 2. The van der Waals surface area contributed by atoms with Gasteiger partial charge in [-0.05, 0) is 24.0 Å². The van der Waals surface area contributed by atoms with Crippen molar-refractivity contribution in [1.29, 1.82) is 0 Å². The first-order chi connectivity index (χ1) is 12.3. The van der Waals surface area contributed by atoms with E-state index in [1.54, 1.807) is 36.6 Å². The summed E-state index contributed by atoms with van der Waals surface area (Å²) in [6.45, 7) is 0. The van der Waals surface area contributed by atoms with Gasteiger partial charge in [0, 0.05) is 11.8 Å². The summed E-state index contributed by atoms with van der Waals surface area (Å²) in [4.78, 5) is 19.7. The maximum absolute atomic E-state index is 12.7. The van der Waals surface area contributed by atoms with Crippen LogP contribution in [0, 0.1) is 0 Å². The molecule has 2 heterocycles. The Bertz CT molecular complexity index is 924.